The summed E-state index contributed by atoms with van der Waals surface area (Å²) in [6.07, 6.45) is 9.79. The lowest BCUT2D eigenvalue weighted by atomic mass is 10.0. The fourth-order valence-corrected chi connectivity index (χ4v) is 4.92. The number of aliphatic hydroxyl groups is 1. The number of piperidine rings is 1. The van der Waals surface area contributed by atoms with Gasteiger partial charge in [0.15, 0.2) is 0 Å². The van der Waals surface area contributed by atoms with Crippen LogP contribution in [0.5, 0.6) is 0 Å². The van der Waals surface area contributed by atoms with Crippen LogP contribution in [-0.4, -0.2) is 62.0 Å². The van der Waals surface area contributed by atoms with Crippen molar-refractivity contribution in [3.05, 3.63) is 78.3 Å². The van der Waals surface area contributed by atoms with Gasteiger partial charge in [0.2, 0.25) is 0 Å². The maximum absolute atomic E-state index is 13.2. The van der Waals surface area contributed by atoms with Crippen LogP contribution in [-0.2, 0) is 6.42 Å². The molecule has 1 atom stereocenters. The van der Waals surface area contributed by atoms with Crippen molar-refractivity contribution in [3.8, 4) is 5.69 Å². The predicted octanol–water partition coefficient (Wildman–Crippen LogP) is 3.61. The van der Waals surface area contributed by atoms with E-state index in [9.17, 15) is 9.50 Å². The largest absolute Gasteiger partial charge is 0.394 e. The van der Waals surface area contributed by atoms with Crippen LogP contribution in [0.4, 0.5) is 4.39 Å². The average Bonchev–Trinajstić information content (AvgIpc) is 3.54. The molecule has 2 aromatic heterocycles. The van der Waals surface area contributed by atoms with Crippen LogP contribution < -0.4 is 5.32 Å². The lowest BCUT2D eigenvalue weighted by Gasteiger charge is -2.34. The van der Waals surface area contributed by atoms with Crippen LogP contribution in [0.15, 0.2) is 61.3 Å². The summed E-state index contributed by atoms with van der Waals surface area (Å²) in [6.45, 7) is 3.18. The fourth-order valence-electron chi connectivity index (χ4n) is 4.92. The van der Waals surface area contributed by atoms with E-state index in [4.69, 9.17) is 0 Å². The van der Waals surface area contributed by atoms with Gasteiger partial charge in [0.25, 0.3) is 0 Å². The Bertz CT molecular complexity index is 1180. The third-order valence-corrected chi connectivity index (χ3v) is 6.87. The third kappa shape index (κ3) is 5.19. The maximum atomic E-state index is 13.2. The number of nitrogens with zero attached hydrogens (tertiary/aromatic N) is 4. The summed E-state index contributed by atoms with van der Waals surface area (Å²) in [4.78, 5) is 5.92. The van der Waals surface area contributed by atoms with Gasteiger partial charge >= 0.3 is 0 Å². The quantitative estimate of drug-likeness (QED) is 0.354. The van der Waals surface area contributed by atoms with Crippen molar-refractivity contribution < 1.29 is 9.50 Å². The van der Waals surface area contributed by atoms with Gasteiger partial charge in [-0.3, -0.25) is 4.57 Å². The number of benzene rings is 2. The summed E-state index contributed by atoms with van der Waals surface area (Å²) < 4.78 is 15.1. The van der Waals surface area contributed by atoms with E-state index in [2.05, 4.69) is 49.8 Å². The Balaban J connectivity index is 1.10. The summed E-state index contributed by atoms with van der Waals surface area (Å²) in [7, 11) is 0. The number of hydrogen-bond acceptors (Lipinski definition) is 5. The number of aromatic amines is 1. The fraction of sp³-hybridized carbons (Fsp3) is 0.385. The van der Waals surface area contributed by atoms with Gasteiger partial charge in [0.05, 0.1) is 12.6 Å². The number of aryl methyl sites for hydroxylation is 1. The first-order chi connectivity index (χ1) is 16.7. The van der Waals surface area contributed by atoms with Crippen molar-refractivity contribution >= 4 is 10.9 Å². The average molecular weight is 463 g/mol. The van der Waals surface area contributed by atoms with E-state index < -0.39 is 0 Å². The van der Waals surface area contributed by atoms with E-state index in [1.54, 1.807) is 24.8 Å². The van der Waals surface area contributed by atoms with Gasteiger partial charge in [0.1, 0.15) is 18.5 Å². The van der Waals surface area contributed by atoms with Crippen LogP contribution in [0.25, 0.3) is 16.6 Å². The predicted molar refractivity (Wildman–Crippen MR) is 130 cm³/mol. The van der Waals surface area contributed by atoms with Crippen molar-refractivity contribution in [1.82, 2.24) is 30.0 Å². The van der Waals surface area contributed by atoms with Crippen LogP contribution in [0.2, 0.25) is 0 Å². The van der Waals surface area contributed by atoms with Crippen molar-refractivity contribution in [3.63, 3.8) is 0 Å². The highest BCUT2D eigenvalue weighted by Crippen LogP contribution is 2.23. The molecule has 0 radical (unpaired) electrons. The molecule has 178 valence electrons. The first-order valence-corrected chi connectivity index (χ1v) is 12.0. The molecule has 7 nitrogen and oxygen atoms in total. The Morgan fingerprint density at radius 3 is 2.59 bits per heavy atom. The summed E-state index contributed by atoms with van der Waals surface area (Å²) in [5.41, 5.74) is 4.48. The molecule has 0 bridgehead atoms. The molecule has 8 heteroatoms. The van der Waals surface area contributed by atoms with Crippen molar-refractivity contribution in [2.75, 3.05) is 26.2 Å². The molecule has 0 aliphatic carbocycles. The Morgan fingerprint density at radius 2 is 1.85 bits per heavy atom. The molecular formula is C26H31FN6O. The molecular weight excluding hydrogens is 431 g/mol. The summed E-state index contributed by atoms with van der Waals surface area (Å²) in [5, 5.41) is 22.4. The molecule has 4 aromatic rings. The zero-order valence-corrected chi connectivity index (χ0v) is 19.2. The monoisotopic (exact) mass is 462 g/mol. The maximum Gasteiger partial charge on any atom is 0.123 e. The minimum atomic E-state index is -0.252. The van der Waals surface area contributed by atoms with Crippen LogP contribution >= 0.6 is 0 Å². The highest BCUT2D eigenvalue weighted by Gasteiger charge is 2.22. The van der Waals surface area contributed by atoms with E-state index >= 15 is 0 Å². The summed E-state index contributed by atoms with van der Waals surface area (Å²) in [6, 6.07) is 13.0. The molecule has 1 unspecified atom stereocenters. The number of aliphatic hydroxyl groups excluding tert-OH is 1. The highest BCUT2D eigenvalue weighted by molar-refractivity contribution is 5.85. The topological polar surface area (TPSA) is 82.0 Å². The normalized spacial score (nSPS) is 16.3. The minimum Gasteiger partial charge on any atom is -0.394 e. The van der Waals surface area contributed by atoms with E-state index in [0.29, 0.717) is 6.04 Å². The smallest absolute Gasteiger partial charge is 0.123 e. The molecule has 1 saturated heterocycles. The number of fused-ring (bicyclic) bond motifs is 1. The molecule has 0 spiro atoms. The summed E-state index contributed by atoms with van der Waals surface area (Å²) >= 11 is 0. The molecule has 2 aromatic carbocycles. The Labute approximate surface area is 198 Å². The van der Waals surface area contributed by atoms with Gasteiger partial charge in [-0.15, -0.1) is 10.2 Å². The second kappa shape index (κ2) is 10.5. The van der Waals surface area contributed by atoms with Gasteiger partial charge in [-0.2, -0.15) is 0 Å². The van der Waals surface area contributed by atoms with Crippen LogP contribution in [0.1, 0.15) is 36.4 Å². The van der Waals surface area contributed by atoms with Crippen molar-refractivity contribution in [2.24, 2.45) is 0 Å². The van der Waals surface area contributed by atoms with Gasteiger partial charge in [0, 0.05) is 28.8 Å². The van der Waals surface area contributed by atoms with Crippen molar-refractivity contribution in [2.45, 2.75) is 37.8 Å². The molecule has 34 heavy (non-hydrogen) atoms. The Kier molecular flexibility index (Phi) is 6.99. The van der Waals surface area contributed by atoms with Crippen LogP contribution in [0.3, 0.4) is 0 Å². The van der Waals surface area contributed by atoms with Gasteiger partial charge in [-0.25, -0.2) is 4.39 Å². The molecule has 1 aliphatic heterocycles. The number of rotatable bonds is 9. The standard InChI is InChI=1S/C26H31FN6O/c27-21-5-3-19(4-6-21)26(16-34)31-22-9-12-32(13-10-22)11-1-2-20-15-28-25-8-7-23(14-24(20)25)33-17-29-30-18-33/h3-8,14-15,17-18,22,26,28,31,34H,1-2,9-13,16H2. The second-order valence-electron chi connectivity index (χ2n) is 9.09. The van der Waals surface area contributed by atoms with E-state index in [1.165, 1.54) is 23.1 Å². The first kappa shape index (κ1) is 22.7. The first-order valence-electron chi connectivity index (χ1n) is 12.0. The summed E-state index contributed by atoms with van der Waals surface area (Å²) in [5.74, 6) is -0.252. The van der Waals surface area contributed by atoms with Gasteiger partial charge < -0.3 is 20.3 Å². The molecule has 0 saturated carbocycles. The zero-order chi connectivity index (χ0) is 23.3. The number of likely N-dealkylation sites (tertiary alicyclic amines) is 1. The van der Waals surface area contributed by atoms with Crippen molar-refractivity contribution in [1.29, 1.82) is 0 Å². The second-order valence-corrected chi connectivity index (χ2v) is 9.09. The number of hydrogen-bond donors (Lipinski definition) is 3. The molecule has 1 aliphatic rings. The molecule has 3 heterocycles. The third-order valence-electron chi connectivity index (χ3n) is 6.87. The number of aromatic nitrogens is 4. The van der Waals surface area contributed by atoms with E-state index in [-0.39, 0.29) is 18.5 Å². The lowest BCUT2D eigenvalue weighted by molar-refractivity contribution is 0.171. The molecule has 3 N–H and O–H groups in total. The number of nitrogens with one attached hydrogen (secondary N) is 2. The van der Waals surface area contributed by atoms with Crippen LogP contribution in [0, 0.1) is 5.82 Å². The van der Waals surface area contributed by atoms with Gasteiger partial charge in [-0.1, -0.05) is 12.1 Å². The molecule has 0 amide bonds. The molecule has 1 fully saturated rings. The Morgan fingerprint density at radius 1 is 1.09 bits per heavy atom. The lowest BCUT2D eigenvalue weighted by Crippen LogP contribution is -2.44. The number of halogens is 1. The van der Waals surface area contributed by atoms with E-state index in [0.717, 1.165) is 62.1 Å². The molecule has 5 rings (SSSR count). The highest BCUT2D eigenvalue weighted by atomic mass is 19.1. The van der Waals surface area contributed by atoms with Gasteiger partial charge in [-0.05, 0) is 86.8 Å². The zero-order valence-electron chi connectivity index (χ0n) is 19.2. The number of H-pyrrole nitrogens is 1. The SMILES string of the molecule is OCC(NC1CCN(CCCc2c[nH]c3ccc(-n4cnnc4)cc23)CC1)c1ccc(F)cc1. The Hall–Kier alpha value is -3.07. The minimum absolute atomic E-state index is 0.00947. The van der Waals surface area contributed by atoms with E-state index in [1.807, 2.05) is 4.57 Å².